The number of hydrogen-bond acceptors (Lipinski definition) is 5. The van der Waals surface area contributed by atoms with Crippen LogP contribution in [-0.4, -0.2) is 46.8 Å². The van der Waals surface area contributed by atoms with Gasteiger partial charge in [-0.2, -0.15) is 5.10 Å². The minimum absolute atomic E-state index is 0.149. The molecule has 0 aliphatic carbocycles. The summed E-state index contributed by atoms with van der Waals surface area (Å²) in [6, 6.07) is 10.9. The van der Waals surface area contributed by atoms with E-state index in [1.54, 1.807) is 35.1 Å². The maximum atomic E-state index is 13.0. The normalized spacial score (nSPS) is 11.8. The third-order valence-electron chi connectivity index (χ3n) is 4.64. The number of amides is 1. The Balaban J connectivity index is 1.82. The Hall–Kier alpha value is -3.06. The topological polar surface area (TPSA) is 69.5 Å². The first-order valence-corrected chi connectivity index (χ1v) is 8.97. The number of benzene rings is 2. The molecule has 0 bridgehead atoms. The summed E-state index contributed by atoms with van der Waals surface area (Å²) in [4.78, 5) is 18.6. The zero-order chi connectivity index (χ0) is 20.3. The maximum absolute atomic E-state index is 13.0. The van der Waals surface area contributed by atoms with Gasteiger partial charge in [-0.3, -0.25) is 4.79 Å². The van der Waals surface area contributed by atoms with Crippen molar-refractivity contribution in [2.24, 2.45) is 0 Å². The van der Waals surface area contributed by atoms with Crippen molar-refractivity contribution in [3.8, 4) is 17.2 Å². The van der Waals surface area contributed by atoms with E-state index < -0.39 is 0 Å². The van der Waals surface area contributed by atoms with Crippen LogP contribution in [0, 0.1) is 0 Å². The van der Waals surface area contributed by atoms with Gasteiger partial charge >= 0.3 is 0 Å². The lowest BCUT2D eigenvalue weighted by molar-refractivity contribution is 0.0742. The number of carbonyl (C=O) groups is 1. The molecule has 0 radical (unpaired) electrons. The molecule has 1 amide bonds. The number of aromatic nitrogens is 3. The number of nitrogens with zero attached hydrogens (tertiary/aromatic N) is 4. The largest absolute Gasteiger partial charge is 0.493 e. The van der Waals surface area contributed by atoms with Crippen molar-refractivity contribution in [1.82, 2.24) is 19.7 Å². The van der Waals surface area contributed by atoms with Crippen molar-refractivity contribution in [2.45, 2.75) is 13.0 Å². The summed E-state index contributed by atoms with van der Waals surface area (Å²) in [6.45, 7) is 1.96. The van der Waals surface area contributed by atoms with Crippen molar-refractivity contribution >= 4 is 17.5 Å². The highest BCUT2D eigenvalue weighted by atomic mass is 35.5. The predicted molar refractivity (Wildman–Crippen MR) is 106 cm³/mol. The van der Waals surface area contributed by atoms with Gasteiger partial charge in [0.2, 0.25) is 0 Å². The fourth-order valence-corrected chi connectivity index (χ4v) is 3.18. The highest BCUT2D eigenvalue weighted by Crippen LogP contribution is 2.36. The SMILES string of the molecule is COc1cc(C(=O)N(C)[C@@H](C)c2ccc(-n3cncn3)cc2)cc(Cl)c1OC. The van der Waals surface area contributed by atoms with Crippen molar-refractivity contribution in [2.75, 3.05) is 21.3 Å². The van der Waals surface area contributed by atoms with Crippen molar-refractivity contribution < 1.29 is 14.3 Å². The molecule has 2 aromatic carbocycles. The zero-order valence-corrected chi connectivity index (χ0v) is 16.8. The van der Waals surface area contributed by atoms with Gasteiger partial charge in [-0.15, -0.1) is 0 Å². The Morgan fingerprint density at radius 2 is 1.89 bits per heavy atom. The molecule has 0 spiro atoms. The van der Waals surface area contributed by atoms with Gasteiger partial charge in [0.25, 0.3) is 5.91 Å². The first kappa shape index (κ1) is 19.7. The molecule has 3 rings (SSSR count). The van der Waals surface area contributed by atoms with E-state index in [4.69, 9.17) is 21.1 Å². The van der Waals surface area contributed by atoms with E-state index >= 15 is 0 Å². The summed E-state index contributed by atoms with van der Waals surface area (Å²) in [7, 11) is 4.76. The molecule has 8 heteroatoms. The monoisotopic (exact) mass is 400 g/mol. The number of methoxy groups -OCH3 is 2. The second-order valence-corrected chi connectivity index (χ2v) is 6.62. The average molecular weight is 401 g/mol. The van der Waals surface area contributed by atoms with E-state index in [-0.39, 0.29) is 11.9 Å². The van der Waals surface area contributed by atoms with E-state index in [1.807, 2.05) is 31.2 Å². The molecule has 1 atom stereocenters. The summed E-state index contributed by atoms with van der Waals surface area (Å²) in [6.07, 6.45) is 3.12. The minimum Gasteiger partial charge on any atom is -0.493 e. The molecule has 0 fully saturated rings. The molecule has 1 aromatic heterocycles. The van der Waals surface area contributed by atoms with Crippen LogP contribution in [0.15, 0.2) is 49.1 Å². The second kappa shape index (κ2) is 8.31. The van der Waals surface area contributed by atoms with Crippen LogP contribution in [0.25, 0.3) is 5.69 Å². The predicted octanol–water partition coefficient (Wildman–Crippen LogP) is 3.77. The van der Waals surface area contributed by atoms with Crippen molar-refractivity contribution in [3.63, 3.8) is 0 Å². The number of ether oxygens (including phenoxy) is 2. The molecule has 1 heterocycles. The lowest BCUT2D eigenvalue weighted by Gasteiger charge is -2.26. The van der Waals surface area contributed by atoms with E-state index in [0.29, 0.717) is 22.1 Å². The molecule has 0 aliphatic heterocycles. The number of carbonyl (C=O) groups excluding carboxylic acids is 1. The molecular weight excluding hydrogens is 380 g/mol. The van der Waals surface area contributed by atoms with Crippen LogP contribution in [0.5, 0.6) is 11.5 Å². The highest BCUT2D eigenvalue weighted by molar-refractivity contribution is 6.32. The van der Waals surface area contributed by atoms with E-state index in [2.05, 4.69) is 10.1 Å². The van der Waals surface area contributed by atoms with Gasteiger partial charge in [0.15, 0.2) is 11.5 Å². The van der Waals surface area contributed by atoms with Gasteiger partial charge in [0, 0.05) is 12.6 Å². The molecule has 3 aromatic rings. The molecule has 7 nitrogen and oxygen atoms in total. The summed E-state index contributed by atoms with van der Waals surface area (Å²) in [5.41, 5.74) is 2.32. The molecule has 0 aliphatic rings. The molecule has 0 unspecified atom stereocenters. The van der Waals surface area contributed by atoms with Gasteiger partial charge in [-0.1, -0.05) is 23.7 Å². The van der Waals surface area contributed by atoms with Crippen LogP contribution >= 0.6 is 11.6 Å². The smallest absolute Gasteiger partial charge is 0.254 e. The first-order valence-electron chi connectivity index (χ1n) is 8.60. The number of halogens is 1. The van der Waals surface area contributed by atoms with Gasteiger partial charge in [0.1, 0.15) is 12.7 Å². The van der Waals surface area contributed by atoms with Crippen LogP contribution in [-0.2, 0) is 0 Å². The van der Waals surface area contributed by atoms with Crippen molar-refractivity contribution in [3.05, 3.63) is 65.2 Å². The van der Waals surface area contributed by atoms with Gasteiger partial charge in [0.05, 0.1) is 31.0 Å². The summed E-state index contributed by atoms with van der Waals surface area (Å²) < 4.78 is 12.2. The molecule has 0 saturated carbocycles. The molecule has 146 valence electrons. The highest BCUT2D eigenvalue weighted by Gasteiger charge is 2.22. The van der Waals surface area contributed by atoms with Crippen LogP contribution < -0.4 is 9.47 Å². The number of rotatable bonds is 6. The lowest BCUT2D eigenvalue weighted by atomic mass is 10.1. The van der Waals surface area contributed by atoms with Crippen LogP contribution in [0.4, 0.5) is 0 Å². The molecule has 0 N–H and O–H groups in total. The van der Waals surface area contributed by atoms with Crippen LogP contribution in [0.2, 0.25) is 5.02 Å². The van der Waals surface area contributed by atoms with E-state index in [9.17, 15) is 4.79 Å². The average Bonchev–Trinajstić information content (AvgIpc) is 3.26. The summed E-state index contributed by atoms with van der Waals surface area (Å²) in [5.74, 6) is 0.646. The summed E-state index contributed by atoms with van der Waals surface area (Å²) in [5, 5.41) is 4.43. The molecular formula is C20H21ClN4O3. The van der Waals surface area contributed by atoms with E-state index in [0.717, 1.165) is 11.3 Å². The number of hydrogen-bond donors (Lipinski definition) is 0. The first-order chi connectivity index (χ1) is 13.5. The Bertz CT molecular complexity index is 958. The van der Waals surface area contributed by atoms with Crippen molar-refractivity contribution in [1.29, 1.82) is 0 Å². The van der Waals surface area contributed by atoms with Crippen LogP contribution in [0.1, 0.15) is 28.9 Å². The Labute approximate surface area is 168 Å². The fourth-order valence-electron chi connectivity index (χ4n) is 2.89. The maximum Gasteiger partial charge on any atom is 0.254 e. The van der Waals surface area contributed by atoms with Gasteiger partial charge in [-0.05, 0) is 36.8 Å². The van der Waals surface area contributed by atoms with Gasteiger partial charge in [-0.25, -0.2) is 9.67 Å². The Morgan fingerprint density at radius 1 is 1.18 bits per heavy atom. The fraction of sp³-hybridized carbons (Fsp3) is 0.250. The Kier molecular flexibility index (Phi) is 5.84. The van der Waals surface area contributed by atoms with E-state index in [1.165, 1.54) is 20.5 Å². The second-order valence-electron chi connectivity index (χ2n) is 6.22. The third-order valence-corrected chi connectivity index (χ3v) is 4.92. The quantitative estimate of drug-likeness (QED) is 0.630. The third kappa shape index (κ3) is 3.80. The minimum atomic E-state index is -0.171. The Morgan fingerprint density at radius 3 is 2.46 bits per heavy atom. The molecule has 28 heavy (non-hydrogen) atoms. The molecule has 0 saturated heterocycles. The summed E-state index contributed by atoms with van der Waals surface area (Å²) >= 11 is 6.24. The lowest BCUT2D eigenvalue weighted by Crippen LogP contribution is -2.29. The van der Waals surface area contributed by atoms with Crippen LogP contribution in [0.3, 0.4) is 0 Å². The standard InChI is InChI=1S/C20H21ClN4O3/c1-13(14-5-7-16(8-6-14)25-12-22-11-23-25)24(2)20(26)15-9-17(21)19(28-4)18(10-15)27-3/h5-13H,1-4H3/t13-/m0/s1. The zero-order valence-electron chi connectivity index (χ0n) is 16.1. The van der Waals surface area contributed by atoms with Gasteiger partial charge < -0.3 is 14.4 Å².